The van der Waals surface area contributed by atoms with Gasteiger partial charge >= 0.3 is 6.18 Å². The van der Waals surface area contributed by atoms with Gasteiger partial charge in [0.25, 0.3) is 5.56 Å². The summed E-state index contributed by atoms with van der Waals surface area (Å²) in [4.78, 5) is 17.4. The Hall–Kier alpha value is -1.99. The summed E-state index contributed by atoms with van der Waals surface area (Å²) in [5.74, 6) is 1.13. The molecule has 3 nitrogen and oxygen atoms in total. The molecule has 0 aliphatic heterocycles. The van der Waals surface area contributed by atoms with Gasteiger partial charge in [-0.15, -0.1) is 11.6 Å². The smallest absolute Gasteiger partial charge is 0.268 e. The van der Waals surface area contributed by atoms with Crippen molar-refractivity contribution in [3.63, 3.8) is 0 Å². The number of alkyl halides is 4. The zero-order chi connectivity index (χ0) is 18.7. The summed E-state index contributed by atoms with van der Waals surface area (Å²) in [5.41, 5.74) is -0.188. The van der Waals surface area contributed by atoms with E-state index in [2.05, 4.69) is 4.98 Å². The van der Waals surface area contributed by atoms with Crippen LogP contribution < -0.4 is 5.56 Å². The Morgan fingerprint density at radius 3 is 2.42 bits per heavy atom. The van der Waals surface area contributed by atoms with Gasteiger partial charge in [-0.25, -0.2) is 4.98 Å². The van der Waals surface area contributed by atoms with Gasteiger partial charge in [0.1, 0.15) is 0 Å². The van der Waals surface area contributed by atoms with E-state index in [1.54, 1.807) is 24.3 Å². The number of fused-ring (bicyclic) bond motifs is 1. The van der Waals surface area contributed by atoms with Crippen molar-refractivity contribution in [1.29, 1.82) is 0 Å². The van der Waals surface area contributed by atoms with Crippen molar-refractivity contribution in [3.05, 3.63) is 64.4 Å². The van der Waals surface area contributed by atoms with E-state index in [-0.39, 0.29) is 5.56 Å². The minimum Gasteiger partial charge on any atom is -0.268 e. The molecule has 1 aromatic heterocycles. The number of aromatic nitrogens is 2. The lowest BCUT2D eigenvalue weighted by molar-refractivity contribution is -0.137. The number of rotatable bonds is 5. The third kappa shape index (κ3) is 3.88. The van der Waals surface area contributed by atoms with E-state index < -0.39 is 11.7 Å². The summed E-state index contributed by atoms with van der Waals surface area (Å²) in [5, 5.41) is 0.840. The third-order valence-electron chi connectivity index (χ3n) is 3.71. The monoisotopic (exact) mass is 398 g/mol. The van der Waals surface area contributed by atoms with Crippen LogP contribution in [0, 0.1) is 0 Å². The fraction of sp³-hybridized carbons (Fsp3) is 0.222. The maximum atomic E-state index is 12.9. The zero-order valence-corrected chi connectivity index (χ0v) is 15.0. The minimum absolute atomic E-state index is 0.316. The van der Waals surface area contributed by atoms with Crippen LogP contribution in [0.3, 0.4) is 0 Å². The Labute approximate surface area is 156 Å². The van der Waals surface area contributed by atoms with Crippen LogP contribution in [0.5, 0.6) is 0 Å². The van der Waals surface area contributed by atoms with Crippen molar-refractivity contribution >= 4 is 34.3 Å². The highest BCUT2D eigenvalue weighted by Crippen LogP contribution is 2.30. The number of benzene rings is 2. The Morgan fingerprint density at radius 1 is 1.08 bits per heavy atom. The van der Waals surface area contributed by atoms with Crippen molar-refractivity contribution in [1.82, 2.24) is 9.55 Å². The summed E-state index contributed by atoms with van der Waals surface area (Å²) in [6.45, 7) is 0. The molecule has 8 heteroatoms. The number of hydrogen-bond donors (Lipinski definition) is 0. The van der Waals surface area contributed by atoms with Gasteiger partial charge in [-0.05, 0) is 42.8 Å². The van der Waals surface area contributed by atoms with E-state index in [4.69, 9.17) is 11.6 Å². The van der Waals surface area contributed by atoms with Gasteiger partial charge in [0.05, 0.1) is 22.2 Å². The van der Waals surface area contributed by atoms with Gasteiger partial charge in [-0.2, -0.15) is 13.2 Å². The molecule has 0 N–H and O–H groups in total. The molecule has 26 heavy (non-hydrogen) atoms. The largest absolute Gasteiger partial charge is 0.416 e. The van der Waals surface area contributed by atoms with Gasteiger partial charge in [-0.3, -0.25) is 9.36 Å². The molecule has 0 bridgehead atoms. The maximum absolute atomic E-state index is 12.9. The molecule has 0 amide bonds. The Morgan fingerprint density at radius 2 is 1.77 bits per heavy atom. The molecule has 2 aromatic carbocycles. The number of thioether (sulfide) groups is 1. The second kappa shape index (κ2) is 7.72. The highest BCUT2D eigenvalue weighted by Gasteiger charge is 2.30. The van der Waals surface area contributed by atoms with Crippen molar-refractivity contribution in [2.24, 2.45) is 0 Å². The molecule has 0 radical (unpaired) electrons. The molecule has 0 fully saturated rings. The van der Waals surface area contributed by atoms with Crippen molar-refractivity contribution in [2.45, 2.75) is 17.8 Å². The SMILES string of the molecule is O=c1c2ccccc2nc(SCCCCl)n1-c1ccc(C(F)(F)F)cc1. The Balaban J connectivity index is 2.14. The highest BCUT2D eigenvalue weighted by atomic mass is 35.5. The van der Waals surface area contributed by atoms with Gasteiger partial charge in [0.15, 0.2) is 5.16 Å². The molecule has 0 saturated heterocycles. The standard InChI is InChI=1S/C18H14ClF3N2OS/c19-10-3-11-26-17-23-15-5-2-1-4-14(15)16(25)24(17)13-8-6-12(7-9-13)18(20,21)22/h1-2,4-9H,3,10-11H2. The minimum atomic E-state index is -4.43. The number of hydrogen-bond acceptors (Lipinski definition) is 3. The summed E-state index contributed by atoms with van der Waals surface area (Å²) in [7, 11) is 0. The first-order chi connectivity index (χ1) is 12.4. The van der Waals surface area contributed by atoms with Crippen LogP contribution in [0.15, 0.2) is 58.5 Å². The second-order valence-corrected chi connectivity index (χ2v) is 6.93. The normalized spacial score (nSPS) is 11.8. The molecule has 0 unspecified atom stereocenters. The second-order valence-electron chi connectivity index (χ2n) is 5.49. The van der Waals surface area contributed by atoms with Gasteiger partial charge in [-0.1, -0.05) is 23.9 Å². The predicted octanol–water partition coefficient (Wildman–Crippen LogP) is 5.13. The van der Waals surface area contributed by atoms with Crippen molar-refractivity contribution in [3.8, 4) is 5.69 Å². The molecule has 136 valence electrons. The molecule has 0 aliphatic carbocycles. The van der Waals surface area contributed by atoms with Crippen molar-refractivity contribution in [2.75, 3.05) is 11.6 Å². The number of para-hydroxylation sites is 1. The average Bonchev–Trinajstić information content (AvgIpc) is 2.62. The summed E-state index contributed by atoms with van der Waals surface area (Å²) < 4.78 is 39.7. The van der Waals surface area contributed by atoms with E-state index >= 15 is 0 Å². The first-order valence-electron chi connectivity index (χ1n) is 7.80. The fourth-order valence-corrected chi connectivity index (χ4v) is 3.70. The summed E-state index contributed by atoms with van der Waals surface area (Å²) in [6, 6.07) is 11.4. The lowest BCUT2D eigenvalue weighted by Crippen LogP contribution is -2.22. The van der Waals surface area contributed by atoms with Crippen LogP contribution >= 0.6 is 23.4 Å². The van der Waals surface area contributed by atoms with Crippen molar-refractivity contribution < 1.29 is 13.2 Å². The van der Waals surface area contributed by atoms with Gasteiger partial charge < -0.3 is 0 Å². The van der Waals surface area contributed by atoms with Crippen LogP contribution in [0.2, 0.25) is 0 Å². The van der Waals surface area contributed by atoms with Crippen LogP contribution in [-0.4, -0.2) is 21.2 Å². The molecular formula is C18H14ClF3N2OS. The Bertz CT molecular complexity index is 971. The van der Waals surface area contributed by atoms with E-state index in [1.165, 1.54) is 28.5 Å². The number of nitrogens with zero attached hydrogens (tertiary/aromatic N) is 2. The van der Waals surface area contributed by atoms with E-state index in [9.17, 15) is 18.0 Å². The van der Waals surface area contributed by atoms with E-state index in [0.29, 0.717) is 33.4 Å². The fourth-order valence-electron chi connectivity index (χ4n) is 2.45. The van der Waals surface area contributed by atoms with Crippen LogP contribution in [0.4, 0.5) is 13.2 Å². The van der Waals surface area contributed by atoms with Crippen LogP contribution in [-0.2, 0) is 6.18 Å². The zero-order valence-electron chi connectivity index (χ0n) is 13.5. The first-order valence-corrected chi connectivity index (χ1v) is 9.32. The number of halogens is 4. The third-order valence-corrected chi connectivity index (χ3v) is 5.00. The lowest BCUT2D eigenvalue weighted by Gasteiger charge is -2.14. The van der Waals surface area contributed by atoms with E-state index in [0.717, 1.165) is 18.6 Å². The van der Waals surface area contributed by atoms with E-state index in [1.807, 2.05) is 0 Å². The Kier molecular flexibility index (Phi) is 5.58. The molecular weight excluding hydrogens is 385 g/mol. The molecule has 0 aliphatic rings. The molecule has 3 rings (SSSR count). The van der Waals surface area contributed by atoms with Crippen LogP contribution in [0.1, 0.15) is 12.0 Å². The maximum Gasteiger partial charge on any atom is 0.416 e. The van der Waals surface area contributed by atoms with Gasteiger partial charge in [0.2, 0.25) is 0 Å². The summed E-state index contributed by atoms with van der Waals surface area (Å²) >= 11 is 7.05. The summed E-state index contributed by atoms with van der Waals surface area (Å²) in [6.07, 6.45) is -3.70. The first kappa shape index (κ1) is 18.8. The quantitative estimate of drug-likeness (QED) is 0.259. The van der Waals surface area contributed by atoms with Gasteiger partial charge in [0, 0.05) is 11.6 Å². The average molecular weight is 399 g/mol. The molecule has 0 spiro atoms. The van der Waals surface area contributed by atoms with Crippen LogP contribution in [0.25, 0.3) is 16.6 Å². The highest BCUT2D eigenvalue weighted by molar-refractivity contribution is 7.99. The predicted molar refractivity (Wildman–Crippen MR) is 98.4 cm³/mol. The molecule has 0 atom stereocenters. The lowest BCUT2D eigenvalue weighted by atomic mass is 10.2. The molecule has 0 saturated carbocycles. The molecule has 1 heterocycles. The molecule has 3 aromatic rings. The topological polar surface area (TPSA) is 34.9 Å².